The number of hydrogen-bond donors (Lipinski definition) is 0. The highest BCUT2D eigenvalue weighted by atomic mass is 32.2. The second-order valence-corrected chi connectivity index (χ2v) is 6.90. The van der Waals surface area contributed by atoms with Crippen LogP contribution in [-0.4, -0.2) is 40.0 Å². The van der Waals surface area contributed by atoms with Gasteiger partial charge in [0.1, 0.15) is 12.3 Å². The summed E-state index contributed by atoms with van der Waals surface area (Å²) < 4.78 is 7.29. The van der Waals surface area contributed by atoms with E-state index in [9.17, 15) is 9.59 Å². The van der Waals surface area contributed by atoms with Crippen LogP contribution in [0, 0.1) is 0 Å². The van der Waals surface area contributed by atoms with Gasteiger partial charge in [-0.05, 0) is 5.56 Å². The highest BCUT2D eigenvalue weighted by Crippen LogP contribution is 2.14. The molecule has 5 nitrogen and oxygen atoms in total. The number of ether oxygens (including phenoxy) is 1. The molecule has 1 aliphatic heterocycles. The van der Waals surface area contributed by atoms with Gasteiger partial charge in [0, 0.05) is 37.7 Å². The van der Waals surface area contributed by atoms with Crippen LogP contribution in [0.4, 0.5) is 0 Å². The summed E-state index contributed by atoms with van der Waals surface area (Å²) >= 11 is 1.84. The number of amides is 1. The van der Waals surface area contributed by atoms with Crippen molar-refractivity contribution in [2.45, 2.75) is 6.61 Å². The van der Waals surface area contributed by atoms with E-state index in [0.717, 1.165) is 30.2 Å². The van der Waals surface area contributed by atoms with Crippen LogP contribution in [0.1, 0.15) is 16.1 Å². The second-order valence-electron chi connectivity index (χ2n) is 5.68. The maximum absolute atomic E-state index is 12.6. The highest BCUT2D eigenvalue weighted by Gasteiger charge is 2.21. The average molecular weight is 344 g/mol. The minimum atomic E-state index is -0.265. The van der Waals surface area contributed by atoms with Gasteiger partial charge in [0.25, 0.3) is 5.91 Å². The average Bonchev–Trinajstić information content (AvgIpc) is 2.63. The molecule has 0 spiro atoms. The minimum absolute atomic E-state index is 0.0930. The van der Waals surface area contributed by atoms with Gasteiger partial charge < -0.3 is 14.2 Å². The molecule has 1 aromatic carbocycles. The Morgan fingerprint density at radius 3 is 2.62 bits per heavy atom. The summed E-state index contributed by atoms with van der Waals surface area (Å²) in [4.78, 5) is 26.7. The fourth-order valence-electron chi connectivity index (χ4n) is 2.59. The van der Waals surface area contributed by atoms with Gasteiger partial charge in [-0.2, -0.15) is 11.8 Å². The summed E-state index contributed by atoms with van der Waals surface area (Å²) in [6, 6.07) is 11.0. The number of aromatic nitrogens is 1. The number of carbonyl (C=O) groups excluding carboxylic acids is 1. The summed E-state index contributed by atoms with van der Waals surface area (Å²) in [7, 11) is 1.76. The fourth-order valence-corrected chi connectivity index (χ4v) is 3.49. The van der Waals surface area contributed by atoms with Crippen molar-refractivity contribution in [3.63, 3.8) is 0 Å². The zero-order valence-electron chi connectivity index (χ0n) is 13.6. The van der Waals surface area contributed by atoms with Crippen LogP contribution in [0.2, 0.25) is 0 Å². The maximum Gasteiger partial charge on any atom is 0.270 e. The van der Waals surface area contributed by atoms with Gasteiger partial charge in [-0.1, -0.05) is 30.3 Å². The summed E-state index contributed by atoms with van der Waals surface area (Å²) in [6.07, 6.45) is 1.59. The Balaban J connectivity index is 1.75. The van der Waals surface area contributed by atoms with Crippen molar-refractivity contribution in [3.8, 4) is 5.75 Å². The molecular weight excluding hydrogens is 324 g/mol. The lowest BCUT2D eigenvalue weighted by atomic mass is 10.2. The van der Waals surface area contributed by atoms with Gasteiger partial charge in [0.2, 0.25) is 5.43 Å². The van der Waals surface area contributed by atoms with Crippen LogP contribution >= 0.6 is 11.8 Å². The van der Waals surface area contributed by atoms with E-state index < -0.39 is 0 Å². The zero-order valence-corrected chi connectivity index (χ0v) is 14.4. The Morgan fingerprint density at radius 2 is 1.92 bits per heavy atom. The van der Waals surface area contributed by atoms with Crippen molar-refractivity contribution in [1.82, 2.24) is 9.47 Å². The molecule has 0 radical (unpaired) electrons. The Bertz CT molecular complexity index is 768. The van der Waals surface area contributed by atoms with E-state index in [2.05, 4.69) is 0 Å². The maximum atomic E-state index is 12.6. The number of thioether (sulfide) groups is 1. The monoisotopic (exact) mass is 344 g/mol. The highest BCUT2D eigenvalue weighted by molar-refractivity contribution is 7.99. The Hall–Kier alpha value is -2.21. The molecule has 2 heterocycles. The van der Waals surface area contributed by atoms with E-state index >= 15 is 0 Å². The topological polar surface area (TPSA) is 51.5 Å². The van der Waals surface area contributed by atoms with Crippen molar-refractivity contribution < 1.29 is 9.53 Å². The van der Waals surface area contributed by atoms with Gasteiger partial charge in [0.15, 0.2) is 5.75 Å². The third-order valence-corrected chi connectivity index (χ3v) is 4.90. The number of carbonyl (C=O) groups is 1. The molecule has 1 aliphatic rings. The van der Waals surface area contributed by atoms with E-state index in [0.29, 0.717) is 12.3 Å². The number of aryl methyl sites for hydroxylation is 1. The summed E-state index contributed by atoms with van der Waals surface area (Å²) in [5.74, 6) is 2.05. The smallest absolute Gasteiger partial charge is 0.270 e. The molecule has 0 saturated carbocycles. The molecule has 0 unspecified atom stereocenters. The van der Waals surface area contributed by atoms with Gasteiger partial charge in [-0.15, -0.1) is 0 Å². The molecule has 24 heavy (non-hydrogen) atoms. The first-order chi connectivity index (χ1) is 11.6. The van der Waals surface area contributed by atoms with Gasteiger partial charge in [-0.25, -0.2) is 0 Å². The Morgan fingerprint density at radius 1 is 1.21 bits per heavy atom. The van der Waals surface area contributed by atoms with Crippen LogP contribution in [0.15, 0.2) is 47.4 Å². The first-order valence-electron chi connectivity index (χ1n) is 7.89. The third-order valence-electron chi connectivity index (χ3n) is 3.96. The fraction of sp³-hybridized carbons (Fsp3) is 0.333. The molecular formula is C18H20N2O3S. The predicted molar refractivity (Wildman–Crippen MR) is 95.7 cm³/mol. The van der Waals surface area contributed by atoms with Gasteiger partial charge in [0.05, 0.1) is 6.20 Å². The zero-order chi connectivity index (χ0) is 16.9. The van der Waals surface area contributed by atoms with E-state index in [4.69, 9.17) is 4.74 Å². The second kappa shape index (κ2) is 7.57. The molecule has 1 aromatic heterocycles. The first kappa shape index (κ1) is 16.6. The van der Waals surface area contributed by atoms with Crippen molar-refractivity contribution >= 4 is 17.7 Å². The largest absolute Gasteiger partial charge is 0.483 e. The van der Waals surface area contributed by atoms with Crippen LogP contribution in [0.25, 0.3) is 0 Å². The molecule has 126 valence electrons. The molecule has 3 rings (SSSR count). The van der Waals surface area contributed by atoms with E-state index in [-0.39, 0.29) is 17.1 Å². The minimum Gasteiger partial charge on any atom is -0.483 e. The Kier molecular flexibility index (Phi) is 5.25. The van der Waals surface area contributed by atoms with E-state index in [1.54, 1.807) is 22.7 Å². The molecule has 0 N–H and O–H groups in total. The molecule has 0 aliphatic carbocycles. The molecule has 2 aromatic rings. The van der Waals surface area contributed by atoms with Crippen molar-refractivity contribution in [2.75, 3.05) is 24.6 Å². The van der Waals surface area contributed by atoms with Crippen molar-refractivity contribution in [3.05, 3.63) is 64.1 Å². The lowest BCUT2D eigenvalue weighted by molar-refractivity contribution is 0.0761. The molecule has 6 heteroatoms. The molecule has 1 saturated heterocycles. The van der Waals surface area contributed by atoms with Crippen molar-refractivity contribution in [1.29, 1.82) is 0 Å². The number of pyridine rings is 1. The Labute approximate surface area is 145 Å². The normalized spacial score (nSPS) is 14.5. The van der Waals surface area contributed by atoms with E-state index in [1.807, 2.05) is 42.1 Å². The molecule has 0 atom stereocenters. The molecule has 1 fully saturated rings. The SMILES string of the molecule is Cn1cc(OCc2ccccc2)c(=O)cc1C(=O)N1CCSCC1. The summed E-state index contributed by atoms with van der Waals surface area (Å²) in [6.45, 7) is 1.78. The number of nitrogens with zero attached hydrogens (tertiary/aromatic N) is 2. The van der Waals surface area contributed by atoms with Crippen LogP contribution in [0.3, 0.4) is 0 Å². The van der Waals surface area contributed by atoms with Crippen LogP contribution in [0.5, 0.6) is 5.75 Å². The predicted octanol–water partition coefficient (Wildman–Crippen LogP) is 2.15. The quantitative estimate of drug-likeness (QED) is 0.853. The first-order valence-corrected chi connectivity index (χ1v) is 9.05. The van der Waals surface area contributed by atoms with Crippen molar-refractivity contribution in [2.24, 2.45) is 7.05 Å². The standard InChI is InChI=1S/C18H20N2O3S/c1-19-12-17(23-13-14-5-3-2-4-6-14)16(21)11-15(19)18(22)20-7-9-24-10-8-20/h2-6,11-12H,7-10,13H2,1H3. The molecule has 1 amide bonds. The van der Waals surface area contributed by atoms with Gasteiger partial charge in [-0.3, -0.25) is 9.59 Å². The summed E-state index contributed by atoms with van der Waals surface area (Å²) in [5, 5.41) is 0. The van der Waals surface area contributed by atoms with Crippen LogP contribution < -0.4 is 10.2 Å². The third kappa shape index (κ3) is 3.82. The number of benzene rings is 1. The van der Waals surface area contributed by atoms with Gasteiger partial charge >= 0.3 is 0 Å². The summed E-state index contributed by atoms with van der Waals surface area (Å²) in [5.41, 5.74) is 1.13. The molecule has 0 bridgehead atoms. The lowest BCUT2D eigenvalue weighted by Crippen LogP contribution is -2.39. The van der Waals surface area contributed by atoms with Crippen LogP contribution in [-0.2, 0) is 13.7 Å². The van der Waals surface area contributed by atoms with E-state index in [1.165, 1.54) is 6.07 Å². The lowest BCUT2D eigenvalue weighted by Gasteiger charge is -2.27. The number of rotatable bonds is 4. The number of hydrogen-bond acceptors (Lipinski definition) is 4.